The quantitative estimate of drug-likeness (QED) is 0.547. The maximum atomic E-state index is 11.7. The van der Waals surface area contributed by atoms with E-state index >= 15 is 0 Å². The van der Waals surface area contributed by atoms with Gasteiger partial charge < -0.3 is 19.2 Å². The van der Waals surface area contributed by atoms with Gasteiger partial charge in [0.05, 0.1) is 25.8 Å². The molecule has 3 rings (SSSR count). The van der Waals surface area contributed by atoms with Crippen molar-refractivity contribution < 1.29 is 18.7 Å². The molecule has 0 aliphatic carbocycles. The zero-order valence-electron chi connectivity index (χ0n) is 15.9. The van der Waals surface area contributed by atoms with E-state index in [2.05, 4.69) is 5.32 Å². The summed E-state index contributed by atoms with van der Waals surface area (Å²) in [6.45, 7) is 3.53. The maximum Gasteiger partial charge on any atom is 0.338 e. The molecule has 1 heterocycles. The van der Waals surface area contributed by atoms with E-state index in [-0.39, 0.29) is 18.4 Å². The standard InChI is InChI=1S/C22H23NO4.ClH/c1-3-26-22(24)18-8-6-17(7-9-18)21-13-12-20(27-21)15-23-14-16-4-10-19(25-2)11-5-16;/h4-13,23H,3,14-15H2,1-2H3;1H. The second-order valence-electron chi connectivity index (χ2n) is 6.02. The normalized spacial score (nSPS) is 10.2. The highest BCUT2D eigenvalue weighted by molar-refractivity contribution is 5.89. The molecule has 0 bridgehead atoms. The SMILES string of the molecule is CCOC(=O)c1ccc(-c2ccc(CNCc3ccc(OC)cc3)o2)cc1.Cl. The molecular weight excluding hydrogens is 378 g/mol. The predicted molar refractivity (Wildman–Crippen MR) is 111 cm³/mol. The Kier molecular flexibility index (Phi) is 8.11. The van der Waals surface area contributed by atoms with Crippen molar-refractivity contribution in [2.75, 3.05) is 13.7 Å². The van der Waals surface area contributed by atoms with Gasteiger partial charge in [0.25, 0.3) is 0 Å². The van der Waals surface area contributed by atoms with Crippen molar-refractivity contribution in [3.05, 3.63) is 77.6 Å². The first-order valence-corrected chi connectivity index (χ1v) is 8.89. The molecule has 148 valence electrons. The molecule has 0 fully saturated rings. The molecule has 0 amide bonds. The fourth-order valence-electron chi connectivity index (χ4n) is 2.69. The number of esters is 1. The van der Waals surface area contributed by atoms with E-state index < -0.39 is 0 Å². The summed E-state index contributed by atoms with van der Waals surface area (Å²) in [6, 6.07) is 19.1. The molecule has 6 heteroatoms. The summed E-state index contributed by atoms with van der Waals surface area (Å²) in [5, 5.41) is 3.36. The highest BCUT2D eigenvalue weighted by atomic mass is 35.5. The van der Waals surface area contributed by atoms with Gasteiger partial charge in [-0.05, 0) is 48.9 Å². The van der Waals surface area contributed by atoms with Gasteiger partial charge in [0.2, 0.25) is 0 Å². The summed E-state index contributed by atoms with van der Waals surface area (Å²) in [7, 11) is 1.66. The predicted octanol–water partition coefficient (Wildman–Crippen LogP) is 4.84. The van der Waals surface area contributed by atoms with E-state index in [0.29, 0.717) is 18.7 Å². The molecule has 1 N–H and O–H groups in total. The lowest BCUT2D eigenvalue weighted by molar-refractivity contribution is 0.0526. The van der Waals surface area contributed by atoms with E-state index in [1.807, 2.05) is 48.5 Å². The third-order valence-electron chi connectivity index (χ3n) is 4.13. The van der Waals surface area contributed by atoms with Gasteiger partial charge in [0.15, 0.2) is 0 Å². The summed E-state index contributed by atoms with van der Waals surface area (Å²) in [5.74, 6) is 2.16. The third-order valence-corrected chi connectivity index (χ3v) is 4.13. The second kappa shape index (κ2) is 10.5. The topological polar surface area (TPSA) is 60.7 Å². The third kappa shape index (κ3) is 5.62. The van der Waals surface area contributed by atoms with Crippen LogP contribution in [-0.4, -0.2) is 19.7 Å². The molecule has 1 aromatic heterocycles. The van der Waals surface area contributed by atoms with Crippen molar-refractivity contribution >= 4 is 18.4 Å². The van der Waals surface area contributed by atoms with Crippen LogP contribution < -0.4 is 10.1 Å². The van der Waals surface area contributed by atoms with Gasteiger partial charge in [-0.1, -0.05) is 24.3 Å². The number of halogens is 1. The minimum atomic E-state index is -0.313. The van der Waals surface area contributed by atoms with Crippen molar-refractivity contribution in [3.63, 3.8) is 0 Å². The Morgan fingerprint density at radius 3 is 2.32 bits per heavy atom. The summed E-state index contributed by atoms with van der Waals surface area (Å²) in [4.78, 5) is 11.7. The monoisotopic (exact) mass is 401 g/mol. The molecular formula is C22H24ClNO4. The number of hydrogen-bond donors (Lipinski definition) is 1. The average molecular weight is 402 g/mol. The van der Waals surface area contributed by atoms with Crippen LogP contribution in [0.2, 0.25) is 0 Å². The van der Waals surface area contributed by atoms with Gasteiger partial charge in [-0.3, -0.25) is 0 Å². The maximum absolute atomic E-state index is 11.7. The van der Waals surface area contributed by atoms with Gasteiger partial charge in [-0.2, -0.15) is 0 Å². The van der Waals surface area contributed by atoms with Gasteiger partial charge in [0, 0.05) is 12.1 Å². The molecule has 3 aromatic rings. The van der Waals surface area contributed by atoms with Gasteiger partial charge in [0.1, 0.15) is 17.3 Å². The lowest BCUT2D eigenvalue weighted by atomic mass is 10.1. The van der Waals surface area contributed by atoms with Crippen LogP contribution in [0.4, 0.5) is 0 Å². The molecule has 28 heavy (non-hydrogen) atoms. The molecule has 0 spiro atoms. The molecule has 2 aromatic carbocycles. The van der Waals surface area contributed by atoms with Gasteiger partial charge >= 0.3 is 5.97 Å². The lowest BCUT2D eigenvalue weighted by Crippen LogP contribution is -2.11. The largest absolute Gasteiger partial charge is 0.497 e. The minimum absolute atomic E-state index is 0. The van der Waals surface area contributed by atoms with Crippen LogP contribution in [0.5, 0.6) is 5.75 Å². The zero-order chi connectivity index (χ0) is 19.1. The Morgan fingerprint density at radius 2 is 1.68 bits per heavy atom. The highest BCUT2D eigenvalue weighted by Crippen LogP contribution is 2.23. The second-order valence-corrected chi connectivity index (χ2v) is 6.02. The van der Waals surface area contributed by atoms with E-state index in [0.717, 1.165) is 29.4 Å². The lowest BCUT2D eigenvalue weighted by Gasteiger charge is -2.05. The zero-order valence-corrected chi connectivity index (χ0v) is 16.8. The van der Waals surface area contributed by atoms with Gasteiger partial charge in [-0.15, -0.1) is 12.4 Å². The van der Waals surface area contributed by atoms with E-state index in [1.165, 1.54) is 5.56 Å². The van der Waals surface area contributed by atoms with Crippen molar-refractivity contribution in [2.45, 2.75) is 20.0 Å². The fourth-order valence-corrected chi connectivity index (χ4v) is 2.69. The highest BCUT2D eigenvalue weighted by Gasteiger charge is 2.09. The van der Waals surface area contributed by atoms with Crippen LogP contribution in [0, 0.1) is 0 Å². The smallest absolute Gasteiger partial charge is 0.338 e. The number of hydrogen-bond acceptors (Lipinski definition) is 5. The number of benzene rings is 2. The van der Waals surface area contributed by atoms with Crippen molar-refractivity contribution in [1.29, 1.82) is 0 Å². The molecule has 5 nitrogen and oxygen atoms in total. The first-order chi connectivity index (χ1) is 13.2. The molecule has 0 unspecified atom stereocenters. The Labute approximate surface area is 171 Å². The Hall–Kier alpha value is -2.76. The minimum Gasteiger partial charge on any atom is -0.497 e. The number of carbonyl (C=O) groups is 1. The van der Waals surface area contributed by atoms with Crippen LogP contribution in [0.15, 0.2) is 65.1 Å². The van der Waals surface area contributed by atoms with Crippen LogP contribution in [0.1, 0.15) is 28.6 Å². The van der Waals surface area contributed by atoms with Crippen LogP contribution in [0.25, 0.3) is 11.3 Å². The summed E-state index contributed by atoms with van der Waals surface area (Å²) < 4.78 is 16.0. The first-order valence-electron chi connectivity index (χ1n) is 8.89. The first kappa shape index (κ1) is 21.5. The van der Waals surface area contributed by atoms with Crippen molar-refractivity contribution in [2.24, 2.45) is 0 Å². The Bertz CT molecular complexity index is 872. The molecule has 0 atom stereocenters. The number of ether oxygens (including phenoxy) is 2. The number of nitrogens with one attached hydrogen (secondary N) is 1. The van der Waals surface area contributed by atoms with Crippen molar-refractivity contribution in [3.8, 4) is 17.1 Å². The molecule has 0 saturated carbocycles. The fraction of sp³-hybridized carbons (Fsp3) is 0.227. The van der Waals surface area contributed by atoms with Crippen LogP contribution in [0.3, 0.4) is 0 Å². The Balaban J connectivity index is 0.00000280. The number of methoxy groups -OCH3 is 1. The number of rotatable bonds is 8. The van der Waals surface area contributed by atoms with Crippen molar-refractivity contribution in [1.82, 2.24) is 5.32 Å². The summed E-state index contributed by atoms with van der Waals surface area (Å²) in [5.41, 5.74) is 2.63. The summed E-state index contributed by atoms with van der Waals surface area (Å²) in [6.07, 6.45) is 0. The van der Waals surface area contributed by atoms with E-state index in [1.54, 1.807) is 26.2 Å². The van der Waals surface area contributed by atoms with E-state index in [9.17, 15) is 4.79 Å². The van der Waals surface area contributed by atoms with Crippen LogP contribution >= 0.6 is 12.4 Å². The summed E-state index contributed by atoms with van der Waals surface area (Å²) >= 11 is 0. The van der Waals surface area contributed by atoms with Crippen LogP contribution in [-0.2, 0) is 17.8 Å². The average Bonchev–Trinajstić information content (AvgIpc) is 3.18. The Morgan fingerprint density at radius 1 is 0.964 bits per heavy atom. The molecule has 0 saturated heterocycles. The number of furan rings is 1. The van der Waals surface area contributed by atoms with E-state index in [4.69, 9.17) is 13.9 Å². The molecule has 0 radical (unpaired) electrons. The molecule has 0 aliphatic heterocycles. The van der Waals surface area contributed by atoms with Gasteiger partial charge in [-0.25, -0.2) is 4.79 Å². The number of carbonyl (C=O) groups excluding carboxylic acids is 1. The molecule has 0 aliphatic rings.